The Labute approximate surface area is 110 Å². The maximum absolute atomic E-state index is 11.7. The minimum Gasteiger partial charge on any atom is -0.376 e. The molecule has 6 nitrogen and oxygen atoms in total. The van der Waals surface area contributed by atoms with E-state index in [9.17, 15) is 4.79 Å². The summed E-state index contributed by atoms with van der Waals surface area (Å²) < 4.78 is 5.44. The van der Waals surface area contributed by atoms with Gasteiger partial charge in [-0.2, -0.15) is 0 Å². The number of benzene rings is 1. The number of hydrogen-bond donors (Lipinski definition) is 3. The number of carbonyl (C=O) groups is 1. The highest BCUT2D eigenvalue weighted by Gasteiger charge is 2.16. The molecule has 2 aromatic rings. The SMILES string of the molecule is O=C(NC[C@@H]1CCCO1)Nc1nc2ccccc2[nH]1. The molecule has 0 unspecified atom stereocenters. The number of rotatable bonds is 3. The number of aromatic amines is 1. The number of H-pyrrole nitrogens is 1. The molecule has 0 spiro atoms. The topological polar surface area (TPSA) is 79.0 Å². The number of hydrogen-bond acceptors (Lipinski definition) is 3. The van der Waals surface area contributed by atoms with E-state index >= 15 is 0 Å². The Hall–Kier alpha value is -2.08. The van der Waals surface area contributed by atoms with Gasteiger partial charge in [0.25, 0.3) is 0 Å². The molecule has 1 atom stereocenters. The number of para-hydroxylation sites is 2. The van der Waals surface area contributed by atoms with Gasteiger partial charge in [-0.1, -0.05) is 12.1 Å². The van der Waals surface area contributed by atoms with Crippen LogP contribution in [0.5, 0.6) is 0 Å². The summed E-state index contributed by atoms with van der Waals surface area (Å²) in [4.78, 5) is 19.0. The van der Waals surface area contributed by atoms with Gasteiger partial charge in [0.05, 0.1) is 17.1 Å². The average molecular weight is 260 g/mol. The molecule has 1 saturated heterocycles. The van der Waals surface area contributed by atoms with Crippen molar-refractivity contribution in [2.45, 2.75) is 18.9 Å². The van der Waals surface area contributed by atoms with E-state index < -0.39 is 0 Å². The van der Waals surface area contributed by atoms with Crippen molar-refractivity contribution in [1.82, 2.24) is 15.3 Å². The summed E-state index contributed by atoms with van der Waals surface area (Å²) in [7, 11) is 0. The van der Waals surface area contributed by atoms with Crippen molar-refractivity contribution in [3.8, 4) is 0 Å². The van der Waals surface area contributed by atoms with E-state index in [-0.39, 0.29) is 12.1 Å². The number of aromatic nitrogens is 2. The fourth-order valence-corrected chi connectivity index (χ4v) is 2.18. The maximum atomic E-state index is 11.7. The van der Waals surface area contributed by atoms with Crippen LogP contribution < -0.4 is 10.6 Å². The second-order valence-electron chi connectivity index (χ2n) is 4.57. The smallest absolute Gasteiger partial charge is 0.321 e. The lowest BCUT2D eigenvalue weighted by molar-refractivity contribution is 0.112. The minimum atomic E-state index is -0.269. The molecule has 0 saturated carbocycles. The number of fused-ring (bicyclic) bond motifs is 1. The lowest BCUT2D eigenvalue weighted by atomic mass is 10.2. The van der Waals surface area contributed by atoms with E-state index in [1.54, 1.807) is 0 Å². The predicted molar refractivity (Wildman–Crippen MR) is 72.1 cm³/mol. The molecule has 19 heavy (non-hydrogen) atoms. The zero-order valence-electron chi connectivity index (χ0n) is 10.5. The lowest BCUT2D eigenvalue weighted by Crippen LogP contribution is -2.35. The summed E-state index contributed by atoms with van der Waals surface area (Å²) >= 11 is 0. The highest BCUT2D eigenvalue weighted by Crippen LogP contribution is 2.13. The van der Waals surface area contributed by atoms with Crippen LogP contribution in [0, 0.1) is 0 Å². The number of nitrogens with one attached hydrogen (secondary N) is 3. The number of amides is 2. The summed E-state index contributed by atoms with van der Waals surface area (Å²) in [6, 6.07) is 7.36. The van der Waals surface area contributed by atoms with Gasteiger partial charge in [-0.3, -0.25) is 5.32 Å². The maximum Gasteiger partial charge on any atom is 0.321 e. The van der Waals surface area contributed by atoms with Gasteiger partial charge in [-0.15, -0.1) is 0 Å². The molecule has 1 fully saturated rings. The Morgan fingerprint density at radius 1 is 1.47 bits per heavy atom. The van der Waals surface area contributed by atoms with E-state index in [1.165, 1.54) is 0 Å². The van der Waals surface area contributed by atoms with Crippen molar-refractivity contribution in [2.24, 2.45) is 0 Å². The normalized spacial score (nSPS) is 18.6. The first-order valence-electron chi connectivity index (χ1n) is 6.42. The van der Waals surface area contributed by atoms with Crippen LogP contribution in [-0.2, 0) is 4.74 Å². The summed E-state index contributed by atoms with van der Waals surface area (Å²) in [6.45, 7) is 1.32. The van der Waals surface area contributed by atoms with Gasteiger partial charge in [-0.05, 0) is 25.0 Å². The molecule has 0 aliphatic carbocycles. The monoisotopic (exact) mass is 260 g/mol. The number of urea groups is 1. The second-order valence-corrected chi connectivity index (χ2v) is 4.57. The van der Waals surface area contributed by atoms with E-state index in [2.05, 4.69) is 20.6 Å². The molecular weight excluding hydrogens is 244 g/mol. The van der Waals surface area contributed by atoms with Crippen LogP contribution in [0.1, 0.15) is 12.8 Å². The summed E-state index contributed by atoms with van der Waals surface area (Å²) in [5.74, 6) is 0.450. The van der Waals surface area contributed by atoms with Gasteiger partial charge < -0.3 is 15.0 Å². The Balaban J connectivity index is 1.56. The van der Waals surface area contributed by atoms with Gasteiger partial charge in [-0.25, -0.2) is 9.78 Å². The largest absolute Gasteiger partial charge is 0.376 e. The van der Waals surface area contributed by atoms with E-state index in [1.807, 2.05) is 24.3 Å². The first kappa shape index (κ1) is 12.0. The van der Waals surface area contributed by atoms with Crippen molar-refractivity contribution in [1.29, 1.82) is 0 Å². The fraction of sp³-hybridized carbons (Fsp3) is 0.385. The van der Waals surface area contributed by atoms with E-state index in [0.29, 0.717) is 12.5 Å². The quantitative estimate of drug-likeness (QED) is 0.788. The van der Waals surface area contributed by atoms with Crippen molar-refractivity contribution < 1.29 is 9.53 Å². The Morgan fingerprint density at radius 3 is 3.16 bits per heavy atom. The first-order valence-corrected chi connectivity index (χ1v) is 6.42. The molecule has 100 valence electrons. The van der Waals surface area contributed by atoms with Crippen molar-refractivity contribution in [3.05, 3.63) is 24.3 Å². The molecule has 1 aliphatic heterocycles. The van der Waals surface area contributed by atoms with Gasteiger partial charge in [0, 0.05) is 13.2 Å². The Morgan fingerprint density at radius 2 is 2.37 bits per heavy atom. The molecule has 1 aromatic heterocycles. The Bertz CT molecular complexity index is 542. The standard InChI is InChI=1S/C13H16N4O2/c18-13(14-8-9-4-3-7-19-9)17-12-15-10-5-1-2-6-11(10)16-12/h1-2,5-6,9H,3-4,7-8H2,(H3,14,15,16,17,18)/t9-/m0/s1. The highest BCUT2D eigenvalue weighted by atomic mass is 16.5. The number of imidazole rings is 1. The van der Waals surface area contributed by atoms with Crippen LogP contribution in [0.25, 0.3) is 11.0 Å². The first-order chi connectivity index (χ1) is 9.31. The highest BCUT2D eigenvalue weighted by molar-refractivity contribution is 5.89. The molecule has 2 amide bonds. The van der Waals surface area contributed by atoms with Crippen molar-refractivity contribution in [2.75, 3.05) is 18.5 Å². The molecule has 3 rings (SSSR count). The summed E-state index contributed by atoms with van der Waals surface area (Å²) in [5, 5.41) is 5.47. The van der Waals surface area contributed by atoms with Gasteiger partial charge in [0.1, 0.15) is 0 Å². The molecule has 6 heteroatoms. The molecular formula is C13H16N4O2. The molecule has 1 aliphatic rings. The van der Waals surface area contributed by atoms with Gasteiger partial charge >= 0.3 is 6.03 Å². The lowest BCUT2D eigenvalue weighted by Gasteiger charge is -2.10. The zero-order valence-corrected chi connectivity index (χ0v) is 10.5. The van der Waals surface area contributed by atoms with Crippen LogP contribution in [-0.4, -0.2) is 35.3 Å². The van der Waals surface area contributed by atoms with E-state index in [4.69, 9.17) is 4.74 Å². The molecule has 0 bridgehead atoms. The van der Waals surface area contributed by atoms with Crippen LogP contribution in [0.15, 0.2) is 24.3 Å². The third-order valence-corrected chi connectivity index (χ3v) is 3.14. The summed E-state index contributed by atoms with van der Waals surface area (Å²) in [5.41, 5.74) is 1.73. The summed E-state index contributed by atoms with van der Waals surface area (Å²) in [6.07, 6.45) is 2.21. The molecule has 0 radical (unpaired) electrons. The molecule has 3 N–H and O–H groups in total. The molecule has 1 aromatic carbocycles. The number of nitrogens with zero attached hydrogens (tertiary/aromatic N) is 1. The average Bonchev–Trinajstić information content (AvgIpc) is 3.04. The molecule has 2 heterocycles. The van der Waals surface area contributed by atoms with Gasteiger partial charge in [0.15, 0.2) is 0 Å². The number of ether oxygens (including phenoxy) is 1. The van der Waals surface area contributed by atoms with Crippen LogP contribution >= 0.6 is 0 Å². The zero-order chi connectivity index (χ0) is 13.1. The fourth-order valence-electron chi connectivity index (χ4n) is 2.18. The predicted octanol–water partition coefficient (Wildman–Crippen LogP) is 1.86. The third-order valence-electron chi connectivity index (χ3n) is 3.14. The second kappa shape index (κ2) is 5.27. The van der Waals surface area contributed by atoms with Crippen LogP contribution in [0.2, 0.25) is 0 Å². The third kappa shape index (κ3) is 2.85. The van der Waals surface area contributed by atoms with Gasteiger partial charge in [0.2, 0.25) is 5.95 Å². The van der Waals surface area contributed by atoms with Crippen molar-refractivity contribution in [3.63, 3.8) is 0 Å². The number of anilines is 1. The van der Waals surface area contributed by atoms with E-state index in [0.717, 1.165) is 30.5 Å². The Kier molecular flexibility index (Phi) is 3.33. The van der Waals surface area contributed by atoms with Crippen LogP contribution in [0.4, 0.5) is 10.7 Å². The number of carbonyl (C=O) groups excluding carboxylic acids is 1. The van der Waals surface area contributed by atoms with Crippen molar-refractivity contribution >= 4 is 23.0 Å². The minimum absolute atomic E-state index is 0.140. The van der Waals surface area contributed by atoms with Crippen LogP contribution in [0.3, 0.4) is 0 Å².